The van der Waals surface area contributed by atoms with Crippen LogP contribution < -0.4 is 0 Å². The number of phenols is 1. The van der Waals surface area contributed by atoms with Crippen molar-refractivity contribution in [3.8, 4) is 5.75 Å². The third kappa shape index (κ3) is 2.08. The molecular weight excluding hydrogens is 262 g/mol. The quantitative estimate of drug-likeness (QED) is 0.720. The van der Waals surface area contributed by atoms with Crippen LogP contribution in [-0.4, -0.2) is 33.8 Å². The fraction of sp³-hybridized carbons (Fsp3) is 0.235. The van der Waals surface area contributed by atoms with Gasteiger partial charge in [-0.05, 0) is 48.0 Å². The second kappa shape index (κ2) is 4.60. The van der Waals surface area contributed by atoms with Gasteiger partial charge in [0.25, 0.3) is 0 Å². The first-order valence-corrected chi connectivity index (χ1v) is 7.14. The Hall–Kier alpha value is -2.33. The molecule has 2 N–H and O–H groups in total. The van der Waals surface area contributed by atoms with Crippen LogP contribution in [0.3, 0.4) is 0 Å². The maximum absolute atomic E-state index is 9.71. The molecule has 4 heteroatoms. The summed E-state index contributed by atoms with van der Waals surface area (Å²) in [6.45, 7) is 1.87. The molecule has 1 aliphatic heterocycles. The van der Waals surface area contributed by atoms with Crippen LogP contribution in [0.15, 0.2) is 42.6 Å². The molecule has 0 fully saturated rings. The van der Waals surface area contributed by atoms with Crippen molar-refractivity contribution in [3.05, 3.63) is 59.3 Å². The molecule has 1 aliphatic rings. The SMILES string of the molecule is CN1Cc2cc(O)ccc2C(c2ccc3[nH]ncc3c2)C1. The Balaban J connectivity index is 1.84. The summed E-state index contributed by atoms with van der Waals surface area (Å²) in [6, 6.07) is 12.2. The van der Waals surface area contributed by atoms with Crippen LogP contribution in [0.4, 0.5) is 0 Å². The summed E-state index contributed by atoms with van der Waals surface area (Å²) in [6.07, 6.45) is 1.86. The van der Waals surface area contributed by atoms with Crippen molar-refractivity contribution in [3.63, 3.8) is 0 Å². The van der Waals surface area contributed by atoms with Gasteiger partial charge in [-0.15, -0.1) is 0 Å². The summed E-state index contributed by atoms with van der Waals surface area (Å²) in [7, 11) is 2.12. The minimum absolute atomic E-state index is 0.332. The van der Waals surface area contributed by atoms with Crippen LogP contribution in [0.25, 0.3) is 10.9 Å². The molecule has 0 saturated carbocycles. The predicted octanol–water partition coefficient (Wildman–Crippen LogP) is 2.85. The lowest BCUT2D eigenvalue weighted by molar-refractivity contribution is 0.294. The summed E-state index contributed by atoms with van der Waals surface area (Å²) in [5.74, 6) is 0.673. The lowest BCUT2D eigenvalue weighted by atomic mass is 9.84. The number of phenolic OH excluding ortho intramolecular Hbond substituents is 1. The van der Waals surface area contributed by atoms with Gasteiger partial charge in [-0.3, -0.25) is 5.10 Å². The standard InChI is InChI=1S/C17H17N3O/c1-20-9-13-7-14(21)3-4-15(13)16(10-20)11-2-5-17-12(6-11)8-18-19-17/h2-8,16,21H,9-10H2,1H3,(H,18,19). The van der Waals surface area contributed by atoms with Gasteiger partial charge >= 0.3 is 0 Å². The molecule has 0 amide bonds. The molecule has 21 heavy (non-hydrogen) atoms. The van der Waals surface area contributed by atoms with Gasteiger partial charge in [0.1, 0.15) is 5.75 Å². The van der Waals surface area contributed by atoms with Gasteiger partial charge in [0.05, 0.1) is 11.7 Å². The van der Waals surface area contributed by atoms with Crippen LogP contribution in [-0.2, 0) is 6.54 Å². The number of nitrogens with one attached hydrogen (secondary N) is 1. The minimum atomic E-state index is 0.332. The molecular formula is C17H17N3O. The van der Waals surface area contributed by atoms with E-state index in [-0.39, 0.29) is 0 Å². The molecule has 1 aromatic heterocycles. The minimum Gasteiger partial charge on any atom is -0.508 e. The summed E-state index contributed by atoms with van der Waals surface area (Å²) in [4.78, 5) is 2.30. The van der Waals surface area contributed by atoms with Crippen LogP contribution in [0.5, 0.6) is 5.75 Å². The fourth-order valence-corrected chi connectivity index (χ4v) is 3.30. The zero-order chi connectivity index (χ0) is 14.4. The Morgan fingerprint density at radius 3 is 3.05 bits per heavy atom. The van der Waals surface area contributed by atoms with E-state index in [4.69, 9.17) is 0 Å². The predicted molar refractivity (Wildman–Crippen MR) is 82.4 cm³/mol. The van der Waals surface area contributed by atoms with E-state index in [9.17, 15) is 5.11 Å². The van der Waals surface area contributed by atoms with Gasteiger partial charge in [-0.2, -0.15) is 5.10 Å². The third-order valence-corrected chi connectivity index (χ3v) is 4.30. The molecule has 1 unspecified atom stereocenters. The van der Waals surface area contributed by atoms with Gasteiger partial charge in [0.15, 0.2) is 0 Å². The molecule has 4 nitrogen and oxygen atoms in total. The third-order valence-electron chi connectivity index (χ3n) is 4.30. The van der Waals surface area contributed by atoms with E-state index in [1.165, 1.54) is 16.7 Å². The van der Waals surface area contributed by atoms with Crippen molar-refractivity contribution in [2.24, 2.45) is 0 Å². The van der Waals surface area contributed by atoms with Gasteiger partial charge in [0.2, 0.25) is 0 Å². The number of fused-ring (bicyclic) bond motifs is 2. The first-order valence-electron chi connectivity index (χ1n) is 7.14. The second-order valence-corrected chi connectivity index (χ2v) is 5.85. The second-order valence-electron chi connectivity index (χ2n) is 5.85. The Morgan fingerprint density at radius 2 is 2.14 bits per heavy atom. The average Bonchev–Trinajstić information content (AvgIpc) is 2.93. The van der Waals surface area contributed by atoms with Crippen LogP contribution >= 0.6 is 0 Å². The Labute approximate surface area is 123 Å². The van der Waals surface area contributed by atoms with Crippen molar-refractivity contribution < 1.29 is 5.11 Å². The average molecular weight is 279 g/mol. The number of rotatable bonds is 1. The van der Waals surface area contributed by atoms with Gasteiger partial charge in [-0.25, -0.2) is 0 Å². The first kappa shape index (κ1) is 12.4. The van der Waals surface area contributed by atoms with Crippen molar-refractivity contribution in [2.75, 3.05) is 13.6 Å². The smallest absolute Gasteiger partial charge is 0.115 e. The van der Waals surface area contributed by atoms with E-state index in [1.807, 2.05) is 12.3 Å². The van der Waals surface area contributed by atoms with Gasteiger partial charge in [0, 0.05) is 24.4 Å². The molecule has 2 heterocycles. The molecule has 2 aromatic carbocycles. The highest BCUT2D eigenvalue weighted by molar-refractivity contribution is 5.78. The molecule has 0 aliphatic carbocycles. The highest BCUT2D eigenvalue weighted by Crippen LogP contribution is 2.35. The van der Waals surface area contributed by atoms with Crippen LogP contribution in [0.1, 0.15) is 22.6 Å². The topological polar surface area (TPSA) is 52.1 Å². The van der Waals surface area contributed by atoms with Crippen molar-refractivity contribution in [2.45, 2.75) is 12.5 Å². The van der Waals surface area contributed by atoms with Crippen molar-refractivity contribution in [1.82, 2.24) is 15.1 Å². The fourth-order valence-electron chi connectivity index (χ4n) is 3.30. The molecule has 106 valence electrons. The monoisotopic (exact) mass is 279 g/mol. The van der Waals surface area contributed by atoms with E-state index in [2.05, 4.69) is 46.4 Å². The number of aromatic nitrogens is 2. The molecule has 4 rings (SSSR count). The van der Waals surface area contributed by atoms with Gasteiger partial charge in [-0.1, -0.05) is 12.1 Å². The largest absolute Gasteiger partial charge is 0.508 e. The number of hydrogen-bond donors (Lipinski definition) is 2. The molecule has 0 bridgehead atoms. The van der Waals surface area contributed by atoms with Crippen LogP contribution in [0.2, 0.25) is 0 Å². The van der Waals surface area contributed by atoms with E-state index < -0.39 is 0 Å². The van der Waals surface area contributed by atoms with Crippen LogP contribution in [0, 0.1) is 0 Å². The first-order chi connectivity index (χ1) is 10.2. The molecule has 0 saturated heterocycles. The number of nitrogens with zero attached hydrogens (tertiary/aromatic N) is 2. The molecule has 0 radical (unpaired) electrons. The lowest BCUT2D eigenvalue weighted by Crippen LogP contribution is -2.30. The van der Waals surface area contributed by atoms with E-state index in [1.54, 1.807) is 6.07 Å². The van der Waals surface area contributed by atoms with Gasteiger partial charge < -0.3 is 10.0 Å². The number of H-pyrrole nitrogens is 1. The summed E-state index contributed by atoms with van der Waals surface area (Å²) in [5, 5.41) is 17.9. The van der Waals surface area contributed by atoms with E-state index in [0.29, 0.717) is 11.7 Å². The number of likely N-dealkylation sites (N-methyl/N-ethyl adjacent to an activating group) is 1. The van der Waals surface area contributed by atoms with Crippen molar-refractivity contribution >= 4 is 10.9 Å². The number of aromatic hydroxyl groups is 1. The highest BCUT2D eigenvalue weighted by Gasteiger charge is 2.25. The highest BCUT2D eigenvalue weighted by atomic mass is 16.3. The van der Waals surface area contributed by atoms with Crippen molar-refractivity contribution in [1.29, 1.82) is 0 Å². The maximum atomic E-state index is 9.71. The maximum Gasteiger partial charge on any atom is 0.115 e. The molecule has 1 atom stereocenters. The number of benzene rings is 2. The Morgan fingerprint density at radius 1 is 1.24 bits per heavy atom. The summed E-state index contributed by atoms with van der Waals surface area (Å²) in [5.41, 5.74) is 4.88. The zero-order valence-corrected chi connectivity index (χ0v) is 11.9. The lowest BCUT2D eigenvalue weighted by Gasteiger charge is -2.32. The molecule has 0 spiro atoms. The number of hydrogen-bond acceptors (Lipinski definition) is 3. The summed E-state index contributed by atoms with van der Waals surface area (Å²) < 4.78 is 0. The van der Waals surface area contributed by atoms with E-state index >= 15 is 0 Å². The normalized spacial score (nSPS) is 18.8. The Kier molecular flexibility index (Phi) is 2.72. The number of aromatic amines is 1. The summed E-state index contributed by atoms with van der Waals surface area (Å²) >= 11 is 0. The molecule has 3 aromatic rings. The Bertz CT molecular complexity index is 809. The van der Waals surface area contributed by atoms with E-state index in [0.717, 1.165) is 24.0 Å². The zero-order valence-electron chi connectivity index (χ0n) is 11.9.